The molecule has 1 heterocycles. The molecule has 4 heteroatoms. The van der Waals surface area contributed by atoms with Gasteiger partial charge < -0.3 is 0 Å². The number of rotatable bonds is 1. The average Bonchev–Trinajstić information content (AvgIpc) is 2.47. The lowest BCUT2D eigenvalue weighted by molar-refractivity contribution is -0.137. The molecule has 0 radical (unpaired) electrons. The van der Waals surface area contributed by atoms with Crippen LogP contribution in [0.25, 0.3) is 0 Å². The summed E-state index contributed by atoms with van der Waals surface area (Å²) in [6, 6.07) is 13.1. The van der Waals surface area contributed by atoms with Crippen molar-refractivity contribution in [2.45, 2.75) is 19.0 Å². The summed E-state index contributed by atoms with van der Waals surface area (Å²) in [5.41, 5.74) is 3.07. The number of aliphatic imine (C=N–C) groups is 1. The van der Waals surface area contributed by atoms with Crippen LogP contribution in [0, 0.1) is 0 Å². The fourth-order valence-corrected chi connectivity index (χ4v) is 2.62. The zero-order valence-corrected chi connectivity index (χ0v) is 11.5. The van der Waals surface area contributed by atoms with Crippen LogP contribution in [0.15, 0.2) is 53.5 Å². The molecule has 1 aliphatic heterocycles. The molecule has 0 saturated carbocycles. The second-order valence-corrected chi connectivity index (χ2v) is 5.25. The molecule has 2 aromatic carbocycles. The van der Waals surface area contributed by atoms with E-state index in [1.165, 1.54) is 17.7 Å². The van der Waals surface area contributed by atoms with Gasteiger partial charge in [0.1, 0.15) is 0 Å². The first kappa shape index (κ1) is 13.9. The van der Waals surface area contributed by atoms with E-state index in [9.17, 15) is 13.2 Å². The Kier molecular flexibility index (Phi) is 3.32. The van der Waals surface area contributed by atoms with Gasteiger partial charge in [0.2, 0.25) is 0 Å². The van der Waals surface area contributed by atoms with Gasteiger partial charge in [0.05, 0.1) is 11.3 Å². The van der Waals surface area contributed by atoms with Crippen molar-refractivity contribution in [1.82, 2.24) is 0 Å². The van der Waals surface area contributed by atoms with Gasteiger partial charge in [-0.25, -0.2) is 0 Å². The van der Waals surface area contributed by atoms with E-state index in [1.54, 1.807) is 0 Å². The van der Waals surface area contributed by atoms with Crippen molar-refractivity contribution in [2.24, 2.45) is 4.99 Å². The number of hydrogen-bond acceptors (Lipinski definition) is 1. The van der Waals surface area contributed by atoms with E-state index in [0.29, 0.717) is 12.5 Å². The van der Waals surface area contributed by atoms with Crippen molar-refractivity contribution in [3.05, 3.63) is 70.8 Å². The lowest BCUT2D eigenvalue weighted by Gasteiger charge is -2.22. The van der Waals surface area contributed by atoms with Crippen molar-refractivity contribution in [3.8, 4) is 0 Å². The quantitative estimate of drug-likeness (QED) is 0.724. The highest BCUT2D eigenvalue weighted by Crippen LogP contribution is 2.31. The van der Waals surface area contributed by atoms with Crippen molar-refractivity contribution >= 4 is 5.71 Å². The molecule has 0 N–H and O–H groups in total. The van der Waals surface area contributed by atoms with E-state index in [1.807, 2.05) is 18.2 Å². The summed E-state index contributed by atoms with van der Waals surface area (Å²) in [7, 11) is 0. The summed E-state index contributed by atoms with van der Waals surface area (Å²) in [6.45, 7) is 2.76. The minimum Gasteiger partial charge on any atom is -0.283 e. The Bertz CT molecular complexity index is 684. The SMILES string of the molecule is CC1CN=C(c2ccc(C(F)(F)F)cc2)c2ccccc21. The van der Waals surface area contributed by atoms with Gasteiger partial charge in [-0.2, -0.15) is 13.2 Å². The second kappa shape index (κ2) is 5.02. The van der Waals surface area contributed by atoms with Crippen molar-refractivity contribution < 1.29 is 13.2 Å². The van der Waals surface area contributed by atoms with Crippen molar-refractivity contribution in [2.75, 3.05) is 6.54 Å². The maximum Gasteiger partial charge on any atom is 0.416 e. The standard InChI is InChI=1S/C17H14F3N/c1-11-10-21-16(15-5-3-2-4-14(11)15)12-6-8-13(9-7-12)17(18,19)20/h2-9,11H,10H2,1H3. The maximum absolute atomic E-state index is 12.6. The van der Waals surface area contributed by atoms with Crippen molar-refractivity contribution in [3.63, 3.8) is 0 Å². The zero-order valence-electron chi connectivity index (χ0n) is 11.5. The van der Waals surface area contributed by atoms with Gasteiger partial charge in [-0.3, -0.25) is 4.99 Å². The topological polar surface area (TPSA) is 12.4 Å². The first-order valence-electron chi connectivity index (χ1n) is 6.78. The number of hydrogen-bond donors (Lipinski definition) is 0. The van der Waals surface area contributed by atoms with E-state index in [2.05, 4.69) is 18.0 Å². The van der Waals surface area contributed by atoms with Crippen LogP contribution in [0.1, 0.15) is 35.1 Å². The Morgan fingerprint density at radius 3 is 2.33 bits per heavy atom. The molecule has 0 fully saturated rings. The molecular formula is C17H14F3N. The molecule has 1 aliphatic rings. The van der Waals surface area contributed by atoms with Crippen LogP contribution in [-0.2, 0) is 6.18 Å². The minimum absolute atomic E-state index is 0.333. The van der Waals surface area contributed by atoms with Gasteiger partial charge in [0.25, 0.3) is 0 Å². The molecular weight excluding hydrogens is 275 g/mol. The van der Waals surface area contributed by atoms with E-state index >= 15 is 0 Å². The molecule has 0 spiro atoms. The molecule has 108 valence electrons. The van der Waals surface area contributed by atoms with Crippen LogP contribution in [0.4, 0.5) is 13.2 Å². The summed E-state index contributed by atoms with van der Waals surface area (Å²) >= 11 is 0. The van der Waals surface area contributed by atoms with Crippen LogP contribution >= 0.6 is 0 Å². The molecule has 0 saturated heterocycles. The van der Waals surface area contributed by atoms with Gasteiger partial charge in [0, 0.05) is 23.6 Å². The molecule has 0 aromatic heterocycles. The summed E-state index contributed by atoms with van der Waals surface area (Å²) in [4.78, 5) is 4.55. The molecule has 1 atom stereocenters. The smallest absolute Gasteiger partial charge is 0.283 e. The summed E-state index contributed by atoms with van der Waals surface area (Å²) in [5, 5.41) is 0. The monoisotopic (exact) mass is 289 g/mol. The third-order valence-electron chi connectivity index (χ3n) is 3.76. The van der Waals surface area contributed by atoms with Crippen LogP contribution < -0.4 is 0 Å². The highest BCUT2D eigenvalue weighted by atomic mass is 19.4. The van der Waals surface area contributed by atoms with E-state index in [4.69, 9.17) is 0 Å². The van der Waals surface area contributed by atoms with E-state index in [-0.39, 0.29) is 0 Å². The molecule has 2 aromatic rings. The molecule has 0 aliphatic carbocycles. The lowest BCUT2D eigenvalue weighted by atomic mass is 9.88. The predicted molar refractivity (Wildman–Crippen MR) is 76.8 cm³/mol. The second-order valence-electron chi connectivity index (χ2n) is 5.25. The highest BCUT2D eigenvalue weighted by Gasteiger charge is 2.30. The van der Waals surface area contributed by atoms with E-state index in [0.717, 1.165) is 29.0 Å². The minimum atomic E-state index is -4.31. The lowest BCUT2D eigenvalue weighted by Crippen LogP contribution is -2.17. The third kappa shape index (κ3) is 2.58. The summed E-state index contributed by atoms with van der Waals surface area (Å²) in [5.74, 6) is 0.333. The number of alkyl halides is 3. The Morgan fingerprint density at radius 1 is 1.00 bits per heavy atom. The van der Waals surface area contributed by atoms with Gasteiger partial charge in [-0.1, -0.05) is 43.3 Å². The van der Waals surface area contributed by atoms with Crippen LogP contribution in [0.5, 0.6) is 0 Å². The van der Waals surface area contributed by atoms with Gasteiger partial charge >= 0.3 is 6.18 Å². The van der Waals surface area contributed by atoms with Gasteiger partial charge in [-0.05, 0) is 17.7 Å². The summed E-state index contributed by atoms with van der Waals surface area (Å²) < 4.78 is 37.9. The Labute approximate surface area is 121 Å². The number of halogens is 3. The van der Waals surface area contributed by atoms with Gasteiger partial charge in [-0.15, -0.1) is 0 Å². The maximum atomic E-state index is 12.6. The highest BCUT2D eigenvalue weighted by molar-refractivity contribution is 6.14. The van der Waals surface area contributed by atoms with Crippen LogP contribution in [0.3, 0.4) is 0 Å². The predicted octanol–water partition coefficient (Wildman–Crippen LogP) is 4.66. The fraction of sp³-hybridized carbons (Fsp3) is 0.235. The Balaban J connectivity index is 2.02. The van der Waals surface area contributed by atoms with Crippen LogP contribution in [0.2, 0.25) is 0 Å². The first-order valence-corrected chi connectivity index (χ1v) is 6.78. The van der Waals surface area contributed by atoms with Crippen LogP contribution in [-0.4, -0.2) is 12.3 Å². The molecule has 0 amide bonds. The molecule has 3 rings (SSSR count). The average molecular weight is 289 g/mol. The molecule has 21 heavy (non-hydrogen) atoms. The van der Waals surface area contributed by atoms with Gasteiger partial charge in [0.15, 0.2) is 0 Å². The Hall–Kier alpha value is -2.10. The number of nitrogens with zero attached hydrogens (tertiary/aromatic N) is 1. The molecule has 0 bridgehead atoms. The number of fused-ring (bicyclic) bond motifs is 1. The Morgan fingerprint density at radius 2 is 1.67 bits per heavy atom. The fourth-order valence-electron chi connectivity index (χ4n) is 2.62. The van der Waals surface area contributed by atoms with Crippen molar-refractivity contribution in [1.29, 1.82) is 0 Å². The number of benzene rings is 2. The largest absolute Gasteiger partial charge is 0.416 e. The zero-order chi connectivity index (χ0) is 15.0. The third-order valence-corrected chi connectivity index (χ3v) is 3.76. The normalized spacial score (nSPS) is 18.1. The van der Waals surface area contributed by atoms with E-state index < -0.39 is 11.7 Å². The summed E-state index contributed by atoms with van der Waals surface area (Å²) in [6.07, 6.45) is -4.31. The molecule has 1 unspecified atom stereocenters. The first-order chi connectivity index (χ1) is 9.97. The molecule has 1 nitrogen and oxygen atoms in total.